The Balaban J connectivity index is 2.15. The highest BCUT2D eigenvalue weighted by Crippen LogP contribution is 2.21. The second-order valence-corrected chi connectivity index (χ2v) is 7.08. The molecule has 1 saturated heterocycles. The van der Waals surface area contributed by atoms with Crippen LogP contribution in [0.15, 0.2) is 24.3 Å². The summed E-state index contributed by atoms with van der Waals surface area (Å²) >= 11 is 0. The maximum absolute atomic E-state index is 12.3. The Morgan fingerprint density at radius 1 is 1.32 bits per heavy atom. The summed E-state index contributed by atoms with van der Waals surface area (Å²) in [6.07, 6.45) is 1.83. The van der Waals surface area contributed by atoms with Crippen molar-refractivity contribution in [1.82, 2.24) is 4.31 Å². The molecule has 0 aliphatic carbocycles. The molecular formula is C14H18N2O2S. The van der Waals surface area contributed by atoms with Crippen molar-refractivity contribution in [3.63, 3.8) is 0 Å². The molecule has 0 radical (unpaired) electrons. The number of nitrogens with zero attached hydrogens (tertiary/aromatic N) is 2. The van der Waals surface area contributed by atoms with Crippen molar-refractivity contribution in [2.45, 2.75) is 25.5 Å². The van der Waals surface area contributed by atoms with Gasteiger partial charge in [0.1, 0.15) is 0 Å². The first-order valence-corrected chi connectivity index (χ1v) is 8.09. The zero-order chi connectivity index (χ0) is 13.9. The van der Waals surface area contributed by atoms with Crippen molar-refractivity contribution in [2.75, 3.05) is 13.1 Å². The lowest BCUT2D eigenvalue weighted by molar-refractivity contribution is 0.287. The third-order valence-corrected chi connectivity index (χ3v) is 5.44. The largest absolute Gasteiger partial charge is 0.218 e. The summed E-state index contributed by atoms with van der Waals surface area (Å²) in [4.78, 5) is 0. The number of hydrogen-bond acceptors (Lipinski definition) is 3. The van der Waals surface area contributed by atoms with E-state index in [0.717, 1.165) is 12.8 Å². The molecule has 0 unspecified atom stereocenters. The average molecular weight is 278 g/mol. The molecule has 0 atom stereocenters. The average Bonchev–Trinajstić information content (AvgIpc) is 2.39. The van der Waals surface area contributed by atoms with E-state index in [2.05, 4.69) is 6.92 Å². The van der Waals surface area contributed by atoms with Gasteiger partial charge in [0.2, 0.25) is 10.0 Å². The Hall–Kier alpha value is -1.38. The zero-order valence-corrected chi connectivity index (χ0v) is 11.9. The lowest BCUT2D eigenvalue weighted by atomic mass is 10.0. The van der Waals surface area contributed by atoms with Crippen LogP contribution in [0.5, 0.6) is 0 Å². The van der Waals surface area contributed by atoms with E-state index in [-0.39, 0.29) is 5.75 Å². The molecule has 0 saturated carbocycles. The van der Waals surface area contributed by atoms with E-state index in [1.54, 1.807) is 28.6 Å². The van der Waals surface area contributed by atoms with E-state index < -0.39 is 10.0 Å². The molecule has 5 heteroatoms. The molecule has 4 nitrogen and oxygen atoms in total. The summed E-state index contributed by atoms with van der Waals surface area (Å²) in [6, 6.07) is 8.93. The van der Waals surface area contributed by atoms with Gasteiger partial charge in [0.15, 0.2) is 0 Å². The lowest BCUT2D eigenvalue weighted by Gasteiger charge is -2.29. The number of nitriles is 1. The van der Waals surface area contributed by atoms with E-state index in [9.17, 15) is 8.42 Å². The molecule has 1 heterocycles. The van der Waals surface area contributed by atoms with Crippen LogP contribution in [-0.4, -0.2) is 25.8 Å². The van der Waals surface area contributed by atoms with Gasteiger partial charge in [-0.3, -0.25) is 0 Å². The van der Waals surface area contributed by atoms with Crippen LogP contribution in [0.1, 0.15) is 30.9 Å². The monoisotopic (exact) mass is 278 g/mol. The van der Waals surface area contributed by atoms with Crippen LogP contribution in [0.4, 0.5) is 0 Å². The minimum Gasteiger partial charge on any atom is -0.212 e. The van der Waals surface area contributed by atoms with Crippen LogP contribution < -0.4 is 0 Å². The molecule has 0 N–H and O–H groups in total. The summed E-state index contributed by atoms with van der Waals surface area (Å²) in [5.41, 5.74) is 1.03. The van der Waals surface area contributed by atoms with Gasteiger partial charge in [0, 0.05) is 13.1 Å². The highest BCUT2D eigenvalue weighted by Gasteiger charge is 2.27. The normalized spacial score (nSPS) is 18.1. The fourth-order valence-electron chi connectivity index (χ4n) is 2.31. The summed E-state index contributed by atoms with van der Waals surface area (Å²) < 4.78 is 26.2. The van der Waals surface area contributed by atoms with Gasteiger partial charge in [-0.25, -0.2) is 12.7 Å². The minimum absolute atomic E-state index is 0.0783. The summed E-state index contributed by atoms with van der Waals surface area (Å²) in [7, 11) is -3.31. The number of rotatable bonds is 3. The molecule has 1 aromatic carbocycles. The van der Waals surface area contributed by atoms with Crippen molar-refractivity contribution in [1.29, 1.82) is 5.26 Å². The lowest BCUT2D eigenvalue weighted by Crippen LogP contribution is -2.38. The third kappa shape index (κ3) is 3.34. The number of hydrogen-bond donors (Lipinski definition) is 0. The third-order valence-electron chi connectivity index (χ3n) is 3.61. The molecule has 102 valence electrons. The van der Waals surface area contributed by atoms with Crippen LogP contribution in [0.2, 0.25) is 0 Å². The smallest absolute Gasteiger partial charge is 0.212 e. The predicted molar refractivity (Wildman–Crippen MR) is 73.8 cm³/mol. The van der Waals surface area contributed by atoms with Gasteiger partial charge < -0.3 is 0 Å². The Labute approximate surface area is 114 Å². The van der Waals surface area contributed by atoms with Crippen molar-refractivity contribution in [3.05, 3.63) is 35.4 Å². The van der Waals surface area contributed by atoms with Gasteiger partial charge in [-0.05, 0) is 30.4 Å². The van der Waals surface area contributed by atoms with Gasteiger partial charge >= 0.3 is 0 Å². The second kappa shape index (κ2) is 5.72. The van der Waals surface area contributed by atoms with Crippen LogP contribution >= 0.6 is 0 Å². The number of sulfonamides is 1. The van der Waals surface area contributed by atoms with Crippen LogP contribution in [-0.2, 0) is 15.8 Å². The fraction of sp³-hybridized carbons (Fsp3) is 0.500. The van der Waals surface area contributed by atoms with Gasteiger partial charge in [0.05, 0.1) is 17.4 Å². The minimum atomic E-state index is -3.31. The second-order valence-electron chi connectivity index (χ2n) is 5.11. The summed E-state index contributed by atoms with van der Waals surface area (Å²) in [5.74, 6) is 0.517. The molecule has 2 rings (SSSR count). The summed E-state index contributed by atoms with van der Waals surface area (Å²) in [5, 5.41) is 9.00. The molecule has 1 fully saturated rings. The molecule has 1 aliphatic rings. The Morgan fingerprint density at radius 2 is 1.95 bits per heavy atom. The fourth-order valence-corrected chi connectivity index (χ4v) is 3.90. The number of piperidine rings is 1. The highest BCUT2D eigenvalue weighted by atomic mass is 32.2. The van der Waals surface area contributed by atoms with Crippen LogP contribution in [0, 0.1) is 17.2 Å². The van der Waals surface area contributed by atoms with E-state index in [1.165, 1.54) is 0 Å². The van der Waals surface area contributed by atoms with Crippen LogP contribution in [0.25, 0.3) is 0 Å². The van der Waals surface area contributed by atoms with Crippen molar-refractivity contribution >= 4 is 10.0 Å². The van der Waals surface area contributed by atoms with Crippen molar-refractivity contribution < 1.29 is 8.42 Å². The molecule has 0 spiro atoms. The quantitative estimate of drug-likeness (QED) is 0.851. The molecule has 0 amide bonds. The van der Waals surface area contributed by atoms with Crippen molar-refractivity contribution in [2.24, 2.45) is 5.92 Å². The van der Waals surface area contributed by atoms with E-state index >= 15 is 0 Å². The number of benzene rings is 1. The predicted octanol–water partition coefficient (Wildman–Crippen LogP) is 2.12. The van der Waals surface area contributed by atoms with Gasteiger partial charge in [-0.2, -0.15) is 5.26 Å². The molecule has 19 heavy (non-hydrogen) atoms. The first-order valence-electron chi connectivity index (χ1n) is 6.49. The Bertz CT molecular complexity index is 582. The zero-order valence-electron chi connectivity index (χ0n) is 11.0. The summed E-state index contributed by atoms with van der Waals surface area (Å²) in [6.45, 7) is 3.34. The molecular weight excluding hydrogens is 260 g/mol. The molecule has 1 aromatic rings. The molecule has 0 bridgehead atoms. The topological polar surface area (TPSA) is 61.2 Å². The molecule has 0 aromatic heterocycles. The Morgan fingerprint density at radius 3 is 2.58 bits per heavy atom. The molecule has 1 aliphatic heterocycles. The van der Waals surface area contributed by atoms with Crippen LogP contribution in [0.3, 0.4) is 0 Å². The van der Waals surface area contributed by atoms with Crippen molar-refractivity contribution in [3.8, 4) is 6.07 Å². The maximum atomic E-state index is 12.3. The Kier molecular flexibility index (Phi) is 4.23. The first-order chi connectivity index (χ1) is 9.03. The van der Waals surface area contributed by atoms with Gasteiger partial charge in [-0.1, -0.05) is 25.1 Å². The maximum Gasteiger partial charge on any atom is 0.218 e. The highest BCUT2D eigenvalue weighted by molar-refractivity contribution is 7.88. The van der Waals surface area contributed by atoms with E-state index in [0.29, 0.717) is 30.1 Å². The van der Waals surface area contributed by atoms with E-state index in [1.807, 2.05) is 6.07 Å². The first kappa shape index (κ1) is 14.0. The van der Waals surface area contributed by atoms with Gasteiger partial charge in [0.25, 0.3) is 0 Å². The standard InChI is InChI=1S/C14H18N2O2S/c1-12-6-8-16(9-7-12)19(17,18)11-14-5-3-2-4-13(14)10-15/h2-5,12H,6-9,11H2,1H3. The van der Waals surface area contributed by atoms with Gasteiger partial charge in [-0.15, -0.1) is 0 Å². The SMILES string of the molecule is CC1CCN(S(=O)(=O)Cc2ccccc2C#N)CC1. The van der Waals surface area contributed by atoms with E-state index in [4.69, 9.17) is 5.26 Å².